The van der Waals surface area contributed by atoms with Crippen molar-refractivity contribution in [3.8, 4) is 11.4 Å². The Labute approximate surface area is 209 Å². The molecule has 6 rings (SSSR count). The Bertz CT molecular complexity index is 1310. The zero-order valence-corrected chi connectivity index (χ0v) is 20.9. The zero-order chi connectivity index (χ0) is 24.0. The molecule has 35 heavy (non-hydrogen) atoms. The Morgan fingerprint density at radius 2 is 2.00 bits per heavy atom. The molecule has 0 saturated carbocycles. The van der Waals surface area contributed by atoms with E-state index in [0.717, 1.165) is 54.5 Å². The second kappa shape index (κ2) is 8.86. The summed E-state index contributed by atoms with van der Waals surface area (Å²) in [6, 6.07) is 13.6. The Hall–Kier alpha value is -3.06. The van der Waals surface area contributed by atoms with Crippen molar-refractivity contribution < 1.29 is 9.13 Å². The fraction of sp³-hybridized carbons (Fsp3) is 0.357. The van der Waals surface area contributed by atoms with Crippen LogP contribution >= 0.6 is 11.8 Å². The fourth-order valence-corrected chi connectivity index (χ4v) is 6.71. The topological polar surface area (TPSA) is 42.6 Å². The van der Waals surface area contributed by atoms with Crippen LogP contribution in [0.5, 0.6) is 5.75 Å². The average Bonchev–Trinajstić information content (AvgIpc) is 3.29. The first kappa shape index (κ1) is 22.4. The van der Waals surface area contributed by atoms with Crippen molar-refractivity contribution in [1.82, 2.24) is 14.5 Å². The van der Waals surface area contributed by atoms with Crippen LogP contribution in [0.2, 0.25) is 0 Å². The molecule has 0 aliphatic carbocycles. The van der Waals surface area contributed by atoms with Gasteiger partial charge in [-0.3, -0.25) is 4.99 Å². The van der Waals surface area contributed by atoms with Gasteiger partial charge in [-0.2, -0.15) is 11.8 Å². The molecule has 4 heterocycles. The predicted octanol–water partition coefficient (Wildman–Crippen LogP) is 5.69. The first-order chi connectivity index (χ1) is 17.0. The molecule has 0 amide bonds. The van der Waals surface area contributed by atoms with E-state index in [1.807, 2.05) is 47.9 Å². The average molecular weight is 489 g/mol. The normalized spacial score (nSPS) is 22.0. The first-order valence-corrected chi connectivity index (χ1v) is 13.2. The van der Waals surface area contributed by atoms with Crippen LogP contribution in [0.1, 0.15) is 35.7 Å². The molecule has 1 atom stereocenters. The highest BCUT2D eigenvalue weighted by molar-refractivity contribution is 8.00. The lowest BCUT2D eigenvalue weighted by molar-refractivity contribution is 0.174. The van der Waals surface area contributed by atoms with Gasteiger partial charge in [-0.1, -0.05) is 18.2 Å². The summed E-state index contributed by atoms with van der Waals surface area (Å²) >= 11 is 2.02. The molecule has 180 valence electrons. The van der Waals surface area contributed by atoms with E-state index < -0.39 is 0 Å². The van der Waals surface area contributed by atoms with E-state index in [0.29, 0.717) is 0 Å². The number of rotatable bonds is 4. The molecule has 3 aliphatic heterocycles. The maximum absolute atomic E-state index is 13.6. The van der Waals surface area contributed by atoms with Gasteiger partial charge in [0, 0.05) is 36.2 Å². The van der Waals surface area contributed by atoms with Gasteiger partial charge in [-0.15, -0.1) is 0 Å². The van der Waals surface area contributed by atoms with Gasteiger partial charge in [-0.25, -0.2) is 9.37 Å². The van der Waals surface area contributed by atoms with Crippen LogP contribution in [0.3, 0.4) is 0 Å². The molecule has 2 fully saturated rings. The van der Waals surface area contributed by atoms with E-state index in [2.05, 4.69) is 34.2 Å². The van der Waals surface area contributed by atoms with Crippen LogP contribution in [-0.4, -0.2) is 52.0 Å². The molecule has 0 N–H and O–H groups in total. The van der Waals surface area contributed by atoms with Gasteiger partial charge in [0.1, 0.15) is 17.4 Å². The molecule has 0 radical (unpaired) electrons. The van der Waals surface area contributed by atoms with Crippen LogP contribution < -0.4 is 4.74 Å². The summed E-state index contributed by atoms with van der Waals surface area (Å²) in [4.78, 5) is 11.8. The standard InChI is InChI=1S/C28H29FN4OS/c1-19-14-32(18-31-19)25-8-3-20(12-26(25)34-2)11-22-13-28(16-35-17-28)15-33-24(9-10-30-27(22)33)21-4-6-23(29)7-5-21/h3-8,11-12,14,18,24H,9-10,13,15-17H2,1-2H3/b22-11+. The Kier molecular flexibility index (Phi) is 5.67. The number of amidine groups is 1. The number of halogens is 1. The fourth-order valence-electron chi connectivity index (χ4n) is 5.54. The number of aryl methyl sites for hydroxylation is 1. The van der Waals surface area contributed by atoms with Crippen molar-refractivity contribution in [2.24, 2.45) is 10.4 Å². The van der Waals surface area contributed by atoms with Crippen molar-refractivity contribution in [1.29, 1.82) is 0 Å². The smallest absolute Gasteiger partial charge is 0.143 e. The number of ether oxygens (including phenoxy) is 1. The number of thioether (sulfide) groups is 1. The predicted molar refractivity (Wildman–Crippen MR) is 140 cm³/mol. The molecule has 0 bridgehead atoms. The summed E-state index contributed by atoms with van der Waals surface area (Å²) in [5.74, 6) is 4.07. The molecule has 3 aromatic rings. The summed E-state index contributed by atoms with van der Waals surface area (Å²) in [5.41, 5.74) is 5.78. The van der Waals surface area contributed by atoms with Crippen molar-refractivity contribution in [2.45, 2.75) is 25.8 Å². The van der Waals surface area contributed by atoms with E-state index in [1.165, 1.54) is 22.6 Å². The molecule has 3 aliphatic rings. The van der Waals surface area contributed by atoms with Gasteiger partial charge in [0.25, 0.3) is 0 Å². The molecular formula is C28H29FN4OS. The van der Waals surface area contributed by atoms with E-state index in [-0.39, 0.29) is 17.3 Å². The summed E-state index contributed by atoms with van der Waals surface area (Å²) in [5, 5.41) is 0. The van der Waals surface area contributed by atoms with Crippen molar-refractivity contribution in [3.05, 3.63) is 83.2 Å². The minimum absolute atomic E-state index is 0.187. The minimum Gasteiger partial charge on any atom is -0.495 e. The SMILES string of the molecule is COc1cc(/C=C2\CC3(CSC3)CN3C2=NCCC3c2ccc(F)cc2)ccc1-n1cnc(C)c1. The number of piperidine rings is 1. The lowest BCUT2D eigenvalue weighted by Gasteiger charge is -2.53. The van der Waals surface area contributed by atoms with Gasteiger partial charge >= 0.3 is 0 Å². The number of nitrogens with zero attached hydrogens (tertiary/aromatic N) is 4. The Morgan fingerprint density at radius 1 is 1.17 bits per heavy atom. The molecule has 2 saturated heterocycles. The number of hydrogen-bond donors (Lipinski definition) is 0. The molecular weight excluding hydrogens is 459 g/mol. The molecule has 5 nitrogen and oxygen atoms in total. The van der Waals surface area contributed by atoms with E-state index in [1.54, 1.807) is 19.2 Å². The maximum Gasteiger partial charge on any atom is 0.143 e. The number of aliphatic imine (C=N–C) groups is 1. The van der Waals surface area contributed by atoms with Gasteiger partial charge in [0.2, 0.25) is 0 Å². The molecule has 2 aromatic carbocycles. The van der Waals surface area contributed by atoms with Crippen molar-refractivity contribution in [3.63, 3.8) is 0 Å². The lowest BCUT2D eigenvalue weighted by Crippen LogP contribution is -2.55. The summed E-state index contributed by atoms with van der Waals surface area (Å²) in [6.45, 7) is 3.78. The van der Waals surface area contributed by atoms with Crippen LogP contribution in [0.25, 0.3) is 11.8 Å². The monoisotopic (exact) mass is 488 g/mol. The molecule has 1 aromatic heterocycles. The minimum atomic E-state index is -0.187. The number of hydrogen-bond acceptors (Lipinski definition) is 5. The number of imidazole rings is 1. The third-order valence-corrected chi connectivity index (χ3v) is 8.91. The van der Waals surface area contributed by atoms with Gasteiger partial charge < -0.3 is 14.2 Å². The van der Waals surface area contributed by atoms with E-state index in [4.69, 9.17) is 9.73 Å². The first-order valence-electron chi connectivity index (χ1n) is 12.1. The maximum atomic E-state index is 13.6. The Morgan fingerprint density at radius 3 is 2.69 bits per heavy atom. The largest absolute Gasteiger partial charge is 0.495 e. The summed E-state index contributed by atoms with van der Waals surface area (Å²) < 4.78 is 21.4. The number of benzene rings is 2. The number of fused-ring (bicyclic) bond motifs is 1. The highest BCUT2D eigenvalue weighted by Crippen LogP contribution is 2.50. The van der Waals surface area contributed by atoms with Crippen molar-refractivity contribution in [2.75, 3.05) is 31.7 Å². The Balaban J connectivity index is 1.37. The van der Waals surface area contributed by atoms with Crippen molar-refractivity contribution >= 4 is 23.7 Å². The highest BCUT2D eigenvalue weighted by atomic mass is 32.2. The van der Waals surface area contributed by atoms with E-state index >= 15 is 0 Å². The highest BCUT2D eigenvalue weighted by Gasteiger charge is 2.47. The van der Waals surface area contributed by atoms with Crippen LogP contribution in [-0.2, 0) is 0 Å². The van der Waals surface area contributed by atoms with Crippen LogP contribution in [0.4, 0.5) is 4.39 Å². The molecule has 1 spiro atoms. The number of methoxy groups -OCH3 is 1. The second-order valence-electron chi connectivity index (χ2n) is 9.88. The van der Waals surface area contributed by atoms with Crippen LogP contribution in [0, 0.1) is 18.2 Å². The number of aromatic nitrogens is 2. The second-order valence-corrected chi connectivity index (χ2v) is 10.9. The third kappa shape index (κ3) is 4.16. The summed E-state index contributed by atoms with van der Waals surface area (Å²) in [7, 11) is 1.71. The van der Waals surface area contributed by atoms with Gasteiger partial charge in [0.05, 0.1) is 30.9 Å². The quantitative estimate of drug-likeness (QED) is 0.473. The van der Waals surface area contributed by atoms with Gasteiger partial charge in [0.15, 0.2) is 0 Å². The molecule has 1 unspecified atom stereocenters. The zero-order valence-electron chi connectivity index (χ0n) is 20.1. The lowest BCUT2D eigenvalue weighted by atomic mass is 9.77. The summed E-state index contributed by atoms with van der Waals surface area (Å²) in [6.07, 6.45) is 8.09. The van der Waals surface area contributed by atoms with Gasteiger partial charge in [-0.05, 0) is 66.8 Å². The van der Waals surface area contributed by atoms with Crippen LogP contribution in [0.15, 0.2) is 65.6 Å². The molecule has 7 heteroatoms. The van der Waals surface area contributed by atoms with E-state index in [9.17, 15) is 4.39 Å². The third-order valence-electron chi connectivity index (χ3n) is 7.28.